The van der Waals surface area contributed by atoms with Crippen LogP contribution in [0.3, 0.4) is 0 Å². The number of nitrogens with one attached hydrogen (secondary N) is 1. The molecule has 150 valence electrons. The van der Waals surface area contributed by atoms with E-state index in [-0.39, 0.29) is 5.91 Å². The molecule has 0 radical (unpaired) electrons. The molecule has 4 aromatic rings. The minimum absolute atomic E-state index is 0.256. The molecule has 5 rings (SSSR count). The van der Waals surface area contributed by atoms with E-state index in [0.29, 0.717) is 11.4 Å². The third-order valence-electron chi connectivity index (χ3n) is 5.24. The molecular weight excluding hydrogens is 394 g/mol. The summed E-state index contributed by atoms with van der Waals surface area (Å²) in [5.74, 6) is -0.256. The summed E-state index contributed by atoms with van der Waals surface area (Å²) < 4.78 is 0. The third kappa shape index (κ3) is 3.94. The molecule has 0 bridgehead atoms. The van der Waals surface area contributed by atoms with Crippen molar-refractivity contribution in [2.45, 2.75) is 19.4 Å². The van der Waals surface area contributed by atoms with E-state index in [1.807, 2.05) is 24.3 Å². The average Bonchev–Trinajstić information content (AvgIpc) is 3.46. The summed E-state index contributed by atoms with van der Waals surface area (Å²) >= 11 is 1.63. The minimum atomic E-state index is -0.256. The SMILES string of the molecule is O=C(Nc1cccnc1)c1ccc2cccc(-c3nc(CN4CCCC4)cs3)c2n1. The van der Waals surface area contributed by atoms with Gasteiger partial charge in [0.1, 0.15) is 10.7 Å². The highest BCUT2D eigenvalue weighted by Gasteiger charge is 2.16. The number of carbonyl (C=O) groups is 1. The molecule has 7 heteroatoms. The number of hydrogen-bond donors (Lipinski definition) is 1. The number of benzene rings is 1. The number of carbonyl (C=O) groups excluding carboxylic acids is 1. The maximum atomic E-state index is 12.7. The number of thiazole rings is 1. The largest absolute Gasteiger partial charge is 0.319 e. The summed E-state index contributed by atoms with van der Waals surface area (Å²) in [6, 6.07) is 13.3. The van der Waals surface area contributed by atoms with Crippen molar-refractivity contribution < 1.29 is 4.79 Å². The molecular formula is C23H21N5OS. The molecule has 1 amide bonds. The number of rotatable bonds is 5. The maximum Gasteiger partial charge on any atom is 0.274 e. The fraction of sp³-hybridized carbons (Fsp3) is 0.217. The predicted octanol–water partition coefficient (Wildman–Crippen LogP) is 4.60. The Morgan fingerprint density at radius 2 is 1.97 bits per heavy atom. The van der Waals surface area contributed by atoms with Crippen LogP contribution in [0, 0.1) is 0 Å². The van der Waals surface area contributed by atoms with Gasteiger partial charge in [-0.05, 0) is 50.2 Å². The summed E-state index contributed by atoms with van der Waals surface area (Å²) in [5.41, 5.74) is 3.86. The molecule has 0 saturated carbocycles. The van der Waals surface area contributed by atoms with Crippen LogP contribution in [0.5, 0.6) is 0 Å². The van der Waals surface area contributed by atoms with Gasteiger partial charge >= 0.3 is 0 Å². The quantitative estimate of drug-likeness (QED) is 0.516. The lowest BCUT2D eigenvalue weighted by molar-refractivity contribution is 0.102. The molecule has 6 nitrogen and oxygen atoms in total. The van der Waals surface area contributed by atoms with E-state index < -0.39 is 0 Å². The van der Waals surface area contributed by atoms with Crippen molar-refractivity contribution in [3.05, 3.63) is 71.6 Å². The topological polar surface area (TPSA) is 71.0 Å². The van der Waals surface area contributed by atoms with Crippen LogP contribution in [-0.2, 0) is 6.54 Å². The number of nitrogens with zero attached hydrogens (tertiary/aromatic N) is 4. The van der Waals surface area contributed by atoms with Crippen molar-refractivity contribution in [1.82, 2.24) is 19.9 Å². The van der Waals surface area contributed by atoms with Crippen LogP contribution in [0.25, 0.3) is 21.5 Å². The highest BCUT2D eigenvalue weighted by atomic mass is 32.1. The Bertz CT molecular complexity index is 1180. The van der Waals surface area contributed by atoms with E-state index in [9.17, 15) is 4.79 Å². The zero-order valence-corrected chi connectivity index (χ0v) is 17.2. The lowest BCUT2D eigenvalue weighted by atomic mass is 10.1. The van der Waals surface area contributed by atoms with Crippen molar-refractivity contribution in [1.29, 1.82) is 0 Å². The van der Waals surface area contributed by atoms with Gasteiger partial charge in [-0.25, -0.2) is 9.97 Å². The normalized spacial score (nSPS) is 14.3. The first-order valence-corrected chi connectivity index (χ1v) is 10.9. The number of aromatic nitrogens is 3. The van der Waals surface area contributed by atoms with E-state index in [1.165, 1.54) is 12.8 Å². The lowest BCUT2D eigenvalue weighted by Gasteiger charge is -2.11. The molecule has 0 aliphatic carbocycles. The van der Waals surface area contributed by atoms with Gasteiger partial charge in [-0.3, -0.25) is 14.7 Å². The van der Waals surface area contributed by atoms with Gasteiger partial charge in [0.05, 0.1) is 23.1 Å². The summed E-state index contributed by atoms with van der Waals surface area (Å²) in [6.45, 7) is 3.20. The summed E-state index contributed by atoms with van der Waals surface area (Å²) in [5, 5.41) is 6.90. The standard InChI is InChI=1S/C23H21N5OS/c29-22(25-17-6-4-10-24-13-17)20-9-8-16-5-3-7-19(21(16)27-20)23-26-18(15-30-23)14-28-11-1-2-12-28/h3-10,13,15H,1-2,11-12,14H2,(H,25,29). The first kappa shape index (κ1) is 18.8. The number of likely N-dealkylation sites (tertiary alicyclic amines) is 1. The number of anilines is 1. The van der Waals surface area contributed by atoms with E-state index in [2.05, 4.69) is 25.6 Å². The summed E-state index contributed by atoms with van der Waals surface area (Å²) in [6.07, 6.45) is 5.83. The second-order valence-corrected chi connectivity index (χ2v) is 8.25. The molecule has 30 heavy (non-hydrogen) atoms. The van der Waals surface area contributed by atoms with E-state index in [1.54, 1.807) is 41.9 Å². The van der Waals surface area contributed by atoms with Crippen LogP contribution in [-0.4, -0.2) is 38.8 Å². The Morgan fingerprint density at radius 3 is 2.80 bits per heavy atom. The van der Waals surface area contributed by atoms with Crippen LogP contribution in [0.4, 0.5) is 5.69 Å². The van der Waals surface area contributed by atoms with Crippen LogP contribution >= 0.6 is 11.3 Å². The Kier molecular flexibility index (Phi) is 5.21. The molecule has 1 saturated heterocycles. The van der Waals surface area contributed by atoms with Crippen LogP contribution in [0.2, 0.25) is 0 Å². The van der Waals surface area contributed by atoms with Gasteiger partial charge in [-0.2, -0.15) is 0 Å². The third-order valence-corrected chi connectivity index (χ3v) is 6.16. The molecule has 0 spiro atoms. The summed E-state index contributed by atoms with van der Waals surface area (Å²) in [4.78, 5) is 28.7. The minimum Gasteiger partial charge on any atom is -0.319 e. The smallest absolute Gasteiger partial charge is 0.274 e. The number of amides is 1. The Hall–Kier alpha value is -3.16. The first-order chi connectivity index (χ1) is 14.8. The van der Waals surface area contributed by atoms with Crippen LogP contribution in [0.15, 0.2) is 60.2 Å². The molecule has 1 aromatic carbocycles. The number of fused-ring (bicyclic) bond motifs is 1. The van der Waals surface area contributed by atoms with Crippen molar-refractivity contribution >= 4 is 33.8 Å². The van der Waals surface area contributed by atoms with Gasteiger partial charge in [0.25, 0.3) is 5.91 Å². The van der Waals surface area contributed by atoms with Gasteiger partial charge in [0.15, 0.2) is 0 Å². The number of hydrogen-bond acceptors (Lipinski definition) is 6. The van der Waals surface area contributed by atoms with Crippen LogP contribution < -0.4 is 5.32 Å². The highest BCUT2D eigenvalue weighted by Crippen LogP contribution is 2.30. The zero-order chi connectivity index (χ0) is 20.3. The Morgan fingerprint density at radius 1 is 1.07 bits per heavy atom. The van der Waals surface area contributed by atoms with Crippen molar-refractivity contribution in [3.8, 4) is 10.6 Å². The molecule has 1 N–H and O–H groups in total. The van der Waals surface area contributed by atoms with Crippen molar-refractivity contribution in [2.75, 3.05) is 18.4 Å². The second kappa shape index (κ2) is 8.30. The summed E-state index contributed by atoms with van der Waals surface area (Å²) in [7, 11) is 0. The van der Waals surface area contributed by atoms with E-state index in [4.69, 9.17) is 4.98 Å². The monoisotopic (exact) mass is 415 g/mol. The van der Waals surface area contributed by atoms with E-state index >= 15 is 0 Å². The second-order valence-electron chi connectivity index (χ2n) is 7.40. The maximum absolute atomic E-state index is 12.7. The molecule has 1 aliphatic rings. The number of para-hydroxylation sites is 1. The first-order valence-electron chi connectivity index (χ1n) is 10.0. The van der Waals surface area contributed by atoms with Gasteiger partial charge in [-0.1, -0.05) is 18.2 Å². The molecule has 1 aliphatic heterocycles. The number of pyridine rings is 2. The van der Waals surface area contributed by atoms with E-state index in [0.717, 1.165) is 46.8 Å². The fourth-order valence-electron chi connectivity index (χ4n) is 3.75. The average molecular weight is 416 g/mol. The Labute approximate surface area is 178 Å². The van der Waals surface area contributed by atoms with Gasteiger partial charge in [0, 0.05) is 29.1 Å². The Balaban J connectivity index is 1.45. The highest BCUT2D eigenvalue weighted by molar-refractivity contribution is 7.13. The molecule has 1 fully saturated rings. The predicted molar refractivity (Wildman–Crippen MR) is 120 cm³/mol. The zero-order valence-electron chi connectivity index (χ0n) is 16.4. The van der Waals surface area contributed by atoms with Crippen molar-refractivity contribution in [2.24, 2.45) is 0 Å². The van der Waals surface area contributed by atoms with Gasteiger partial charge in [0.2, 0.25) is 0 Å². The van der Waals surface area contributed by atoms with Gasteiger partial charge in [-0.15, -0.1) is 11.3 Å². The molecule has 4 heterocycles. The lowest BCUT2D eigenvalue weighted by Crippen LogP contribution is -2.18. The van der Waals surface area contributed by atoms with Crippen molar-refractivity contribution in [3.63, 3.8) is 0 Å². The molecule has 3 aromatic heterocycles. The fourth-order valence-corrected chi connectivity index (χ4v) is 4.59. The van der Waals surface area contributed by atoms with Crippen LogP contribution in [0.1, 0.15) is 29.0 Å². The molecule has 0 unspecified atom stereocenters. The van der Waals surface area contributed by atoms with Gasteiger partial charge < -0.3 is 5.32 Å². The molecule has 0 atom stereocenters.